The number of nitrogen functional groups attached to an aromatic ring is 1. The van der Waals surface area contributed by atoms with Crippen LogP contribution in [0.1, 0.15) is 5.56 Å². The van der Waals surface area contributed by atoms with Crippen molar-refractivity contribution in [2.75, 3.05) is 5.73 Å². The highest BCUT2D eigenvalue weighted by molar-refractivity contribution is 5.53. The van der Waals surface area contributed by atoms with Gasteiger partial charge in [-0.3, -0.25) is 0 Å². The first-order chi connectivity index (χ1) is 5.24. The van der Waals surface area contributed by atoms with Crippen LogP contribution in [0.25, 0.3) is 0 Å². The summed E-state index contributed by atoms with van der Waals surface area (Å²) in [5.41, 5.74) is 6.84. The highest BCUT2D eigenvalue weighted by Crippen LogP contribution is 2.20. The summed E-state index contributed by atoms with van der Waals surface area (Å²) in [6, 6.07) is 5.21. The van der Waals surface area contributed by atoms with Crippen molar-refractivity contribution >= 4 is 5.69 Å². The third kappa shape index (κ3) is 1.74. The Hall–Kier alpha value is -1.44. The molecule has 0 amide bonds. The number of aromatic hydroxyl groups is 1. The fraction of sp³-hybridized carbons (Fsp3) is 0.111. The summed E-state index contributed by atoms with van der Waals surface area (Å²) in [4.78, 5) is 0. The topological polar surface area (TPSA) is 46.2 Å². The molecule has 0 aliphatic rings. The summed E-state index contributed by atoms with van der Waals surface area (Å²) in [5.74, 6) is 0.143. The third-order valence-corrected chi connectivity index (χ3v) is 1.47. The van der Waals surface area contributed by atoms with Gasteiger partial charge >= 0.3 is 0 Å². The average molecular weight is 149 g/mol. The van der Waals surface area contributed by atoms with Crippen LogP contribution in [0.2, 0.25) is 0 Å². The minimum Gasteiger partial charge on any atom is -0.506 e. The molecule has 0 unspecified atom stereocenters. The summed E-state index contributed by atoms with van der Waals surface area (Å²) in [6.45, 7) is 3.60. The lowest BCUT2D eigenvalue weighted by atomic mass is 10.1. The maximum absolute atomic E-state index is 9.17. The average Bonchev–Trinajstić information content (AvgIpc) is 1.98. The van der Waals surface area contributed by atoms with Crippen molar-refractivity contribution in [1.29, 1.82) is 0 Å². The first-order valence-electron chi connectivity index (χ1n) is 3.42. The quantitative estimate of drug-likeness (QED) is 0.382. The number of rotatable bonds is 2. The smallest absolute Gasteiger partial charge is 0.138 e. The Kier molecular flexibility index (Phi) is 2.16. The zero-order chi connectivity index (χ0) is 8.27. The third-order valence-electron chi connectivity index (χ3n) is 1.47. The molecule has 1 aromatic rings. The molecule has 58 valence electrons. The maximum atomic E-state index is 9.17. The summed E-state index contributed by atoms with van der Waals surface area (Å²) < 4.78 is 0. The highest BCUT2D eigenvalue weighted by atomic mass is 16.3. The van der Waals surface area contributed by atoms with Crippen LogP contribution in [-0.4, -0.2) is 5.11 Å². The zero-order valence-electron chi connectivity index (χ0n) is 6.25. The summed E-state index contributed by atoms with van der Waals surface area (Å²) in [6.07, 6.45) is 2.54. The molecular formula is C9H11NO. The Morgan fingerprint density at radius 3 is 2.82 bits per heavy atom. The standard InChI is InChI=1S/C9H11NO/c1-2-3-7-4-5-8(10)9(11)6-7/h2,4-6,11H,1,3,10H2. The second-order valence-electron chi connectivity index (χ2n) is 2.39. The molecule has 2 nitrogen and oxygen atoms in total. The molecular weight excluding hydrogens is 138 g/mol. The van der Waals surface area contributed by atoms with Crippen molar-refractivity contribution in [3.8, 4) is 5.75 Å². The van der Waals surface area contributed by atoms with E-state index in [1.54, 1.807) is 18.2 Å². The SMILES string of the molecule is C=CCc1ccc(N)c(O)c1. The summed E-state index contributed by atoms with van der Waals surface area (Å²) in [7, 11) is 0. The molecule has 1 aromatic carbocycles. The Morgan fingerprint density at radius 1 is 1.55 bits per heavy atom. The molecule has 0 fully saturated rings. The van der Waals surface area contributed by atoms with Gasteiger partial charge in [-0.1, -0.05) is 12.1 Å². The number of anilines is 1. The van der Waals surface area contributed by atoms with E-state index in [9.17, 15) is 0 Å². The van der Waals surface area contributed by atoms with E-state index < -0.39 is 0 Å². The molecule has 11 heavy (non-hydrogen) atoms. The van der Waals surface area contributed by atoms with Crippen molar-refractivity contribution in [1.82, 2.24) is 0 Å². The molecule has 0 saturated heterocycles. The van der Waals surface area contributed by atoms with Gasteiger partial charge in [0.1, 0.15) is 5.75 Å². The van der Waals surface area contributed by atoms with E-state index in [2.05, 4.69) is 6.58 Å². The van der Waals surface area contributed by atoms with Crippen molar-refractivity contribution in [2.24, 2.45) is 0 Å². The number of benzene rings is 1. The highest BCUT2D eigenvalue weighted by Gasteiger charge is 1.96. The monoisotopic (exact) mass is 149 g/mol. The first-order valence-corrected chi connectivity index (χ1v) is 3.42. The van der Waals surface area contributed by atoms with E-state index in [1.165, 1.54) is 0 Å². The van der Waals surface area contributed by atoms with Crippen LogP contribution in [0.15, 0.2) is 30.9 Å². The van der Waals surface area contributed by atoms with Crippen LogP contribution in [0.5, 0.6) is 5.75 Å². The van der Waals surface area contributed by atoms with Crippen LogP contribution < -0.4 is 5.73 Å². The maximum Gasteiger partial charge on any atom is 0.138 e. The lowest BCUT2D eigenvalue weighted by molar-refractivity contribution is 0.477. The first kappa shape index (κ1) is 7.66. The van der Waals surface area contributed by atoms with Gasteiger partial charge in [-0.15, -0.1) is 6.58 Å². The molecule has 0 saturated carbocycles. The lowest BCUT2D eigenvalue weighted by Crippen LogP contribution is -1.87. The molecule has 0 atom stereocenters. The number of phenolic OH excluding ortho intramolecular Hbond substituents is 1. The van der Waals surface area contributed by atoms with Crippen LogP contribution in [0.4, 0.5) is 5.69 Å². The normalized spacial score (nSPS) is 9.45. The fourth-order valence-corrected chi connectivity index (χ4v) is 0.883. The largest absolute Gasteiger partial charge is 0.506 e. The van der Waals surface area contributed by atoms with Gasteiger partial charge < -0.3 is 10.8 Å². The van der Waals surface area contributed by atoms with Gasteiger partial charge in [0.05, 0.1) is 5.69 Å². The molecule has 0 radical (unpaired) electrons. The summed E-state index contributed by atoms with van der Waals surface area (Å²) in [5, 5.41) is 9.17. The van der Waals surface area contributed by atoms with Crippen LogP contribution in [-0.2, 0) is 6.42 Å². The number of hydrogen-bond acceptors (Lipinski definition) is 2. The van der Waals surface area contributed by atoms with Gasteiger partial charge in [-0.05, 0) is 24.1 Å². The van der Waals surface area contributed by atoms with E-state index in [4.69, 9.17) is 10.8 Å². The fourth-order valence-electron chi connectivity index (χ4n) is 0.883. The van der Waals surface area contributed by atoms with Crippen LogP contribution in [0, 0.1) is 0 Å². The second-order valence-corrected chi connectivity index (χ2v) is 2.39. The second kappa shape index (κ2) is 3.10. The van der Waals surface area contributed by atoms with Crippen molar-refractivity contribution in [2.45, 2.75) is 6.42 Å². The lowest BCUT2D eigenvalue weighted by Gasteiger charge is -2.00. The van der Waals surface area contributed by atoms with E-state index in [0.717, 1.165) is 12.0 Å². The number of nitrogens with two attached hydrogens (primary N) is 1. The molecule has 0 aliphatic heterocycles. The van der Waals surface area contributed by atoms with Gasteiger partial charge in [-0.25, -0.2) is 0 Å². The van der Waals surface area contributed by atoms with Crippen LogP contribution >= 0.6 is 0 Å². The van der Waals surface area contributed by atoms with Gasteiger partial charge in [0, 0.05) is 0 Å². The molecule has 3 N–H and O–H groups in total. The van der Waals surface area contributed by atoms with Crippen LogP contribution in [0.3, 0.4) is 0 Å². The van der Waals surface area contributed by atoms with Crippen molar-refractivity contribution in [3.05, 3.63) is 36.4 Å². The number of allylic oxidation sites excluding steroid dienone is 1. The summed E-state index contributed by atoms with van der Waals surface area (Å²) >= 11 is 0. The number of hydrogen-bond donors (Lipinski definition) is 2. The van der Waals surface area contributed by atoms with Crippen molar-refractivity contribution in [3.63, 3.8) is 0 Å². The van der Waals surface area contributed by atoms with E-state index in [0.29, 0.717) is 5.69 Å². The number of phenols is 1. The van der Waals surface area contributed by atoms with E-state index in [1.807, 2.05) is 6.07 Å². The predicted octanol–water partition coefficient (Wildman–Crippen LogP) is 1.70. The van der Waals surface area contributed by atoms with Gasteiger partial charge in [-0.2, -0.15) is 0 Å². The molecule has 0 aromatic heterocycles. The van der Waals surface area contributed by atoms with Crippen molar-refractivity contribution < 1.29 is 5.11 Å². The Balaban J connectivity index is 2.95. The molecule has 0 bridgehead atoms. The van der Waals surface area contributed by atoms with Gasteiger partial charge in [0.25, 0.3) is 0 Å². The molecule has 0 aliphatic carbocycles. The van der Waals surface area contributed by atoms with Gasteiger partial charge in [0.15, 0.2) is 0 Å². The molecule has 1 rings (SSSR count). The minimum atomic E-state index is 0.143. The molecule has 0 spiro atoms. The predicted molar refractivity (Wildman–Crippen MR) is 46.4 cm³/mol. The zero-order valence-corrected chi connectivity index (χ0v) is 6.25. The Bertz CT molecular complexity index is 268. The Labute approximate surface area is 66.0 Å². The van der Waals surface area contributed by atoms with E-state index in [-0.39, 0.29) is 5.75 Å². The van der Waals surface area contributed by atoms with Gasteiger partial charge in [0.2, 0.25) is 0 Å². The molecule has 2 heteroatoms. The molecule has 0 heterocycles. The minimum absolute atomic E-state index is 0.143. The van der Waals surface area contributed by atoms with E-state index >= 15 is 0 Å². The Morgan fingerprint density at radius 2 is 2.27 bits per heavy atom.